The first-order valence-electron chi connectivity index (χ1n) is 6.94. The second-order valence-corrected chi connectivity index (χ2v) is 5.28. The number of ether oxygens (including phenoxy) is 3. The number of hydrogen-bond donors (Lipinski definition) is 2. The molecule has 2 aromatic carbocycles. The molecule has 1 aliphatic heterocycles. The molecule has 0 radical (unpaired) electrons. The Morgan fingerprint density at radius 1 is 1.09 bits per heavy atom. The molecule has 120 valence electrons. The molecule has 0 aromatic heterocycles. The largest absolute Gasteiger partial charge is 0.508 e. The topological polar surface area (TPSA) is 85.2 Å². The molecule has 23 heavy (non-hydrogen) atoms. The zero-order valence-corrected chi connectivity index (χ0v) is 12.7. The van der Waals surface area contributed by atoms with Gasteiger partial charge in [0.1, 0.15) is 35.6 Å². The average molecular weight is 316 g/mol. The summed E-state index contributed by atoms with van der Waals surface area (Å²) in [5.74, 6) is 0.986. The summed E-state index contributed by atoms with van der Waals surface area (Å²) in [6, 6.07) is 7.57. The SMILES string of the molecule is COc1cc([C@]2(C=O)COc3cc(O)ccc32)c(OC)cc1O. The number of phenols is 2. The number of methoxy groups -OCH3 is 2. The molecule has 2 aromatic rings. The van der Waals surface area contributed by atoms with Gasteiger partial charge in [0.15, 0.2) is 11.5 Å². The summed E-state index contributed by atoms with van der Waals surface area (Å²) in [7, 11) is 2.88. The van der Waals surface area contributed by atoms with E-state index in [1.807, 2.05) is 0 Å². The van der Waals surface area contributed by atoms with Gasteiger partial charge >= 0.3 is 0 Å². The van der Waals surface area contributed by atoms with Crippen LogP contribution >= 0.6 is 0 Å². The lowest BCUT2D eigenvalue weighted by Gasteiger charge is -2.25. The van der Waals surface area contributed by atoms with Crippen LogP contribution in [0.4, 0.5) is 0 Å². The minimum atomic E-state index is -1.10. The third-order valence-electron chi connectivity index (χ3n) is 4.08. The van der Waals surface area contributed by atoms with Crippen molar-refractivity contribution in [2.75, 3.05) is 20.8 Å². The lowest BCUT2D eigenvalue weighted by Crippen LogP contribution is -2.32. The molecule has 0 aliphatic carbocycles. The van der Waals surface area contributed by atoms with Crippen LogP contribution in [0.2, 0.25) is 0 Å². The molecule has 0 unspecified atom stereocenters. The van der Waals surface area contributed by atoms with Gasteiger partial charge in [0, 0.05) is 23.3 Å². The maximum absolute atomic E-state index is 12.0. The second kappa shape index (κ2) is 5.39. The van der Waals surface area contributed by atoms with E-state index in [-0.39, 0.29) is 23.9 Å². The van der Waals surface area contributed by atoms with Crippen molar-refractivity contribution >= 4 is 6.29 Å². The molecule has 0 amide bonds. The number of benzene rings is 2. The first kappa shape index (κ1) is 15.0. The molecular formula is C17H16O6. The van der Waals surface area contributed by atoms with Crippen LogP contribution in [0, 0.1) is 0 Å². The summed E-state index contributed by atoms with van der Waals surface area (Å²) < 4.78 is 16.1. The number of fused-ring (bicyclic) bond motifs is 1. The monoisotopic (exact) mass is 316 g/mol. The smallest absolute Gasteiger partial charge is 0.161 e. The van der Waals surface area contributed by atoms with Gasteiger partial charge in [0.25, 0.3) is 0 Å². The number of phenolic OH excluding ortho intramolecular Hbond substituents is 2. The van der Waals surface area contributed by atoms with E-state index in [0.29, 0.717) is 22.6 Å². The predicted octanol–water partition coefficient (Wildman–Crippen LogP) is 1.99. The zero-order chi connectivity index (χ0) is 16.6. The second-order valence-electron chi connectivity index (χ2n) is 5.28. The fourth-order valence-corrected chi connectivity index (χ4v) is 2.88. The van der Waals surface area contributed by atoms with Crippen molar-refractivity contribution in [1.29, 1.82) is 0 Å². The minimum absolute atomic E-state index is 0.0562. The van der Waals surface area contributed by atoms with Crippen molar-refractivity contribution < 1.29 is 29.2 Å². The van der Waals surface area contributed by atoms with Crippen LogP contribution < -0.4 is 14.2 Å². The van der Waals surface area contributed by atoms with E-state index < -0.39 is 5.41 Å². The van der Waals surface area contributed by atoms with E-state index in [1.165, 1.54) is 32.4 Å². The highest BCUT2D eigenvalue weighted by Crippen LogP contribution is 2.48. The molecule has 1 aliphatic rings. The Bertz CT molecular complexity index is 770. The predicted molar refractivity (Wildman–Crippen MR) is 81.7 cm³/mol. The van der Waals surface area contributed by atoms with Gasteiger partial charge in [-0.3, -0.25) is 0 Å². The van der Waals surface area contributed by atoms with Crippen LogP contribution in [0.25, 0.3) is 0 Å². The van der Waals surface area contributed by atoms with E-state index in [0.717, 1.165) is 6.29 Å². The van der Waals surface area contributed by atoms with Crippen LogP contribution in [0.5, 0.6) is 28.7 Å². The number of hydrogen-bond acceptors (Lipinski definition) is 6. The van der Waals surface area contributed by atoms with Gasteiger partial charge in [0.05, 0.1) is 14.2 Å². The van der Waals surface area contributed by atoms with Crippen LogP contribution in [0.15, 0.2) is 30.3 Å². The van der Waals surface area contributed by atoms with Crippen LogP contribution in [0.3, 0.4) is 0 Å². The highest BCUT2D eigenvalue weighted by molar-refractivity contribution is 5.81. The Morgan fingerprint density at radius 2 is 1.83 bits per heavy atom. The lowest BCUT2D eigenvalue weighted by atomic mass is 9.76. The molecule has 1 atom stereocenters. The molecule has 0 bridgehead atoms. The van der Waals surface area contributed by atoms with Crippen molar-refractivity contribution in [1.82, 2.24) is 0 Å². The van der Waals surface area contributed by atoms with Gasteiger partial charge in [-0.2, -0.15) is 0 Å². The molecule has 6 nitrogen and oxygen atoms in total. The molecule has 0 saturated carbocycles. The molecule has 6 heteroatoms. The Labute approximate surface area is 132 Å². The summed E-state index contributed by atoms with van der Waals surface area (Å²) in [5.41, 5.74) is 0.0421. The maximum Gasteiger partial charge on any atom is 0.161 e. The normalized spacial score (nSPS) is 18.9. The number of aromatic hydroxyl groups is 2. The third kappa shape index (κ3) is 2.14. The van der Waals surface area contributed by atoms with Crippen LogP contribution in [-0.2, 0) is 10.2 Å². The van der Waals surface area contributed by atoms with Gasteiger partial charge in [-0.25, -0.2) is 0 Å². The number of aldehydes is 1. The molecule has 0 fully saturated rings. The minimum Gasteiger partial charge on any atom is -0.508 e. The fourth-order valence-electron chi connectivity index (χ4n) is 2.88. The van der Waals surface area contributed by atoms with Crippen LogP contribution in [0.1, 0.15) is 11.1 Å². The Balaban J connectivity index is 2.26. The lowest BCUT2D eigenvalue weighted by molar-refractivity contribution is -0.111. The first-order valence-corrected chi connectivity index (χ1v) is 6.94. The first-order chi connectivity index (χ1) is 11.1. The quantitative estimate of drug-likeness (QED) is 0.839. The fraction of sp³-hybridized carbons (Fsp3) is 0.235. The van der Waals surface area contributed by atoms with Crippen molar-refractivity contribution in [3.63, 3.8) is 0 Å². The van der Waals surface area contributed by atoms with Gasteiger partial charge in [-0.05, 0) is 12.1 Å². The third-order valence-corrected chi connectivity index (χ3v) is 4.08. The summed E-state index contributed by atoms with van der Waals surface area (Å²) in [5, 5.41) is 19.5. The van der Waals surface area contributed by atoms with E-state index in [9.17, 15) is 15.0 Å². The highest BCUT2D eigenvalue weighted by Gasteiger charge is 2.45. The van der Waals surface area contributed by atoms with Gasteiger partial charge in [-0.15, -0.1) is 0 Å². The van der Waals surface area contributed by atoms with Gasteiger partial charge < -0.3 is 29.2 Å². The number of carbonyl (C=O) groups excluding carboxylic acids is 1. The van der Waals surface area contributed by atoms with E-state index in [1.54, 1.807) is 12.1 Å². The molecule has 0 saturated heterocycles. The van der Waals surface area contributed by atoms with Crippen molar-refractivity contribution in [2.45, 2.75) is 5.41 Å². The number of carbonyl (C=O) groups is 1. The van der Waals surface area contributed by atoms with Crippen molar-refractivity contribution in [2.24, 2.45) is 0 Å². The highest BCUT2D eigenvalue weighted by atomic mass is 16.5. The Kier molecular flexibility index (Phi) is 3.52. The molecule has 2 N–H and O–H groups in total. The average Bonchev–Trinajstić information content (AvgIpc) is 2.93. The molecular weight excluding hydrogens is 300 g/mol. The Hall–Kier alpha value is -2.89. The Morgan fingerprint density at radius 3 is 2.48 bits per heavy atom. The van der Waals surface area contributed by atoms with E-state index in [4.69, 9.17) is 14.2 Å². The maximum atomic E-state index is 12.0. The molecule has 1 heterocycles. The zero-order valence-electron chi connectivity index (χ0n) is 12.7. The van der Waals surface area contributed by atoms with Crippen molar-refractivity contribution in [3.05, 3.63) is 41.5 Å². The van der Waals surface area contributed by atoms with Crippen molar-refractivity contribution in [3.8, 4) is 28.7 Å². The van der Waals surface area contributed by atoms with Gasteiger partial charge in [-0.1, -0.05) is 6.07 Å². The molecule has 3 rings (SSSR count). The summed E-state index contributed by atoms with van der Waals surface area (Å²) in [6.07, 6.45) is 0.782. The molecule has 0 spiro atoms. The van der Waals surface area contributed by atoms with E-state index in [2.05, 4.69) is 0 Å². The summed E-state index contributed by atoms with van der Waals surface area (Å²) in [4.78, 5) is 12.0. The summed E-state index contributed by atoms with van der Waals surface area (Å²) >= 11 is 0. The van der Waals surface area contributed by atoms with E-state index >= 15 is 0 Å². The summed E-state index contributed by atoms with van der Waals surface area (Å²) in [6.45, 7) is 0.0690. The number of rotatable bonds is 4. The van der Waals surface area contributed by atoms with Crippen LogP contribution in [-0.4, -0.2) is 37.3 Å². The standard InChI is InChI=1S/C17H16O6/c1-21-14-7-13(20)16(22-2)6-12(14)17(8-18)9-23-15-5-10(19)3-4-11(15)17/h3-8,19-20H,9H2,1-2H3/t17-/m1/s1. The van der Waals surface area contributed by atoms with Gasteiger partial charge in [0.2, 0.25) is 0 Å².